The molecular formula is C12H8I2O2. The van der Waals surface area contributed by atoms with Crippen LogP contribution in [0, 0.1) is 7.14 Å². The topological polar surface area (TPSA) is 40.5 Å². The molecule has 0 aliphatic heterocycles. The van der Waals surface area contributed by atoms with Gasteiger partial charge >= 0.3 is 0 Å². The zero-order chi connectivity index (χ0) is 11.7. The fourth-order valence-electron chi connectivity index (χ4n) is 1.46. The maximum Gasteiger partial charge on any atom is 0.117 e. The van der Waals surface area contributed by atoms with Gasteiger partial charge in [0.25, 0.3) is 0 Å². The van der Waals surface area contributed by atoms with Crippen LogP contribution in [-0.2, 0) is 0 Å². The van der Waals surface area contributed by atoms with Crippen LogP contribution >= 0.6 is 45.2 Å². The van der Waals surface area contributed by atoms with Crippen molar-refractivity contribution in [2.24, 2.45) is 0 Å². The quantitative estimate of drug-likeness (QED) is 0.662. The lowest BCUT2D eigenvalue weighted by atomic mass is 10.1. The van der Waals surface area contributed by atoms with Gasteiger partial charge in [-0.1, -0.05) is 12.1 Å². The molecule has 2 rings (SSSR count). The first-order valence-corrected chi connectivity index (χ1v) is 6.71. The molecule has 0 aliphatic rings. The first-order valence-electron chi connectivity index (χ1n) is 4.55. The average molecular weight is 438 g/mol. The second kappa shape index (κ2) is 4.79. The summed E-state index contributed by atoms with van der Waals surface area (Å²) >= 11 is 4.42. The molecule has 2 aromatic rings. The van der Waals surface area contributed by atoms with E-state index in [0.29, 0.717) is 0 Å². The van der Waals surface area contributed by atoms with Gasteiger partial charge in [0, 0.05) is 7.14 Å². The van der Waals surface area contributed by atoms with E-state index in [0.717, 1.165) is 18.3 Å². The zero-order valence-electron chi connectivity index (χ0n) is 8.11. The van der Waals surface area contributed by atoms with Crippen molar-refractivity contribution in [2.75, 3.05) is 0 Å². The number of halogens is 2. The SMILES string of the molecule is Oc1cccc(-c2cc(O)cc(I)c2I)c1. The summed E-state index contributed by atoms with van der Waals surface area (Å²) in [5, 5.41) is 19.0. The Kier molecular flexibility index (Phi) is 3.58. The van der Waals surface area contributed by atoms with E-state index >= 15 is 0 Å². The van der Waals surface area contributed by atoms with Crippen LogP contribution in [0.3, 0.4) is 0 Å². The molecule has 82 valence electrons. The van der Waals surface area contributed by atoms with E-state index in [1.165, 1.54) is 0 Å². The van der Waals surface area contributed by atoms with Gasteiger partial charge in [-0.3, -0.25) is 0 Å². The van der Waals surface area contributed by atoms with E-state index in [-0.39, 0.29) is 11.5 Å². The van der Waals surface area contributed by atoms with Gasteiger partial charge in [0.1, 0.15) is 11.5 Å². The minimum Gasteiger partial charge on any atom is -0.508 e. The standard InChI is InChI=1S/C12H8I2O2/c13-11-6-9(16)5-10(12(11)14)7-2-1-3-8(15)4-7/h1-6,15-16H. The second-order valence-corrected chi connectivity index (χ2v) is 5.58. The maximum atomic E-state index is 9.58. The van der Waals surface area contributed by atoms with Crippen LogP contribution in [0.1, 0.15) is 0 Å². The Morgan fingerprint density at radius 2 is 1.62 bits per heavy atom. The molecule has 0 atom stereocenters. The van der Waals surface area contributed by atoms with Gasteiger partial charge in [0.05, 0.1) is 0 Å². The summed E-state index contributed by atoms with van der Waals surface area (Å²) in [6, 6.07) is 10.4. The van der Waals surface area contributed by atoms with E-state index in [9.17, 15) is 10.2 Å². The van der Waals surface area contributed by atoms with Crippen molar-refractivity contribution >= 4 is 45.2 Å². The van der Waals surface area contributed by atoms with Crippen molar-refractivity contribution < 1.29 is 10.2 Å². The molecule has 0 fully saturated rings. The molecule has 0 unspecified atom stereocenters. The monoisotopic (exact) mass is 438 g/mol. The van der Waals surface area contributed by atoms with Crippen molar-refractivity contribution in [1.29, 1.82) is 0 Å². The number of benzene rings is 2. The summed E-state index contributed by atoms with van der Waals surface area (Å²) in [7, 11) is 0. The zero-order valence-corrected chi connectivity index (χ0v) is 12.4. The van der Waals surface area contributed by atoms with Gasteiger partial charge < -0.3 is 10.2 Å². The highest BCUT2D eigenvalue weighted by molar-refractivity contribution is 14.1. The van der Waals surface area contributed by atoms with Crippen LogP contribution in [0.5, 0.6) is 11.5 Å². The lowest BCUT2D eigenvalue weighted by Crippen LogP contribution is -1.87. The molecule has 4 heteroatoms. The van der Waals surface area contributed by atoms with Crippen LogP contribution < -0.4 is 0 Å². The van der Waals surface area contributed by atoms with E-state index in [1.807, 2.05) is 6.07 Å². The van der Waals surface area contributed by atoms with Crippen LogP contribution in [0.15, 0.2) is 36.4 Å². The fourth-order valence-corrected chi connectivity index (χ4v) is 2.69. The van der Waals surface area contributed by atoms with Crippen molar-refractivity contribution in [3.63, 3.8) is 0 Å². The largest absolute Gasteiger partial charge is 0.508 e. The van der Waals surface area contributed by atoms with Crippen LogP contribution in [0.4, 0.5) is 0 Å². The van der Waals surface area contributed by atoms with E-state index in [4.69, 9.17) is 0 Å². The normalized spacial score (nSPS) is 10.4. The molecule has 0 bridgehead atoms. The molecule has 2 aromatic carbocycles. The molecule has 0 radical (unpaired) electrons. The number of hydrogen-bond donors (Lipinski definition) is 2. The predicted molar refractivity (Wildman–Crippen MR) is 80.6 cm³/mol. The predicted octanol–water partition coefficient (Wildman–Crippen LogP) is 3.97. The number of rotatable bonds is 1. The van der Waals surface area contributed by atoms with Crippen LogP contribution in [-0.4, -0.2) is 10.2 Å². The molecule has 0 spiro atoms. The Hall–Kier alpha value is -0.500. The van der Waals surface area contributed by atoms with Gasteiger partial charge in [-0.2, -0.15) is 0 Å². The molecule has 0 aliphatic carbocycles. The summed E-state index contributed by atoms with van der Waals surface area (Å²) in [6.07, 6.45) is 0. The Morgan fingerprint density at radius 1 is 0.875 bits per heavy atom. The Labute approximate surface area is 121 Å². The molecule has 2 nitrogen and oxygen atoms in total. The first kappa shape index (κ1) is 12.0. The van der Waals surface area contributed by atoms with Gasteiger partial charge in [0.15, 0.2) is 0 Å². The number of phenols is 2. The van der Waals surface area contributed by atoms with Crippen LogP contribution in [0.2, 0.25) is 0 Å². The summed E-state index contributed by atoms with van der Waals surface area (Å²) in [5.41, 5.74) is 1.83. The van der Waals surface area contributed by atoms with Gasteiger partial charge in [-0.15, -0.1) is 0 Å². The van der Waals surface area contributed by atoms with Crippen molar-refractivity contribution in [3.05, 3.63) is 43.5 Å². The Balaban J connectivity index is 2.64. The molecule has 0 amide bonds. The van der Waals surface area contributed by atoms with Gasteiger partial charge in [-0.25, -0.2) is 0 Å². The molecule has 2 N–H and O–H groups in total. The highest BCUT2D eigenvalue weighted by atomic mass is 127. The second-order valence-electron chi connectivity index (χ2n) is 3.34. The lowest BCUT2D eigenvalue weighted by molar-refractivity contribution is 0.474. The van der Waals surface area contributed by atoms with E-state index in [2.05, 4.69) is 45.2 Å². The molecular weight excluding hydrogens is 430 g/mol. The Bertz CT molecular complexity index is 539. The van der Waals surface area contributed by atoms with Crippen molar-refractivity contribution in [1.82, 2.24) is 0 Å². The smallest absolute Gasteiger partial charge is 0.117 e. The third kappa shape index (κ3) is 2.42. The van der Waals surface area contributed by atoms with Crippen molar-refractivity contribution in [3.8, 4) is 22.6 Å². The van der Waals surface area contributed by atoms with Gasteiger partial charge in [0.2, 0.25) is 0 Å². The number of aromatic hydroxyl groups is 2. The van der Waals surface area contributed by atoms with Crippen LogP contribution in [0.25, 0.3) is 11.1 Å². The maximum absolute atomic E-state index is 9.58. The minimum absolute atomic E-state index is 0.228. The highest BCUT2D eigenvalue weighted by Crippen LogP contribution is 2.33. The van der Waals surface area contributed by atoms with Crippen molar-refractivity contribution in [2.45, 2.75) is 0 Å². The summed E-state index contributed by atoms with van der Waals surface area (Å²) < 4.78 is 2.07. The lowest BCUT2D eigenvalue weighted by Gasteiger charge is -2.08. The fraction of sp³-hybridized carbons (Fsp3) is 0. The number of hydrogen-bond acceptors (Lipinski definition) is 2. The molecule has 0 aromatic heterocycles. The summed E-state index contributed by atoms with van der Waals surface area (Å²) in [4.78, 5) is 0. The van der Waals surface area contributed by atoms with E-state index < -0.39 is 0 Å². The Morgan fingerprint density at radius 3 is 2.31 bits per heavy atom. The third-order valence-electron chi connectivity index (χ3n) is 2.17. The molecule has 0 heterocycles. The first-order chi connectivity index (χ1) is 7.58. The highest BCUT2D eigenvalue weighted by Gasteiger charge is 2.08. The molecule has 16 heavy (non-hydrogen) atoms. The third-order valence-corrected chi connectivity index (χ3v) is 5.22. The van der Waals surface area contributed by atoms with Gasteiger partial charge in [-0.05, 0) is 80.6 Å². The number of phenolic OH excluding ortho intramolecular Hbond substituents is 2. The minimum atomic E-state index is 0.228. The molecule has 0 saturated carbocycles. The molecule has 0 saturated heterocycles. The summed E-state index contributed by atoms with van der Waals surface area (Å²) in [6.45, 7) is 0. The van der Waals surface area contributed by atoms with E-state index in [1.54, 1.807) is 30.3 Å². The average Bonchev–Trinajstić information content (AvgIpc) is 2.23. The summed E-state index contributed by atoms with van der Waals surface area (Å²) in [5.74, 6) is 0.467.